The first-order chi connectivity index (χ1) is 8.77. The average Bonchev–Trinajstić information content (AvgIpc) is 2.30. The molecule has 6 nitrogen and oxygen atoms in total. The first-order valence-electron chi connectivity index (χ1n) is 5.55. The third-order valence-corrected chi connectivity index (χ3v) is 4.56. The summed E-state index contributed by atoms with van der Waals surface area (Å²) in [6.45, 7) is 3.44. The summed E-state index contributed by atoms with van der Waals surface area (Å²) in [6, 6.07) is 3.06. The van der Waals surface area contributed by atoms with E-state index in [1.54, 1.807) is 13.0 Å². The van der Waals surface area contributed by atoms with E-state index in [1.807, 2.05) is 0 Å². The largest absolute Gasteiger partial charge is 0.329 e. The van der Waals surface area contributed by atoms with Crippen molar-refractivity contribution >= 4 is 37.5 Å². The Balaban J connectivity index is 3.18. The number of carbonyl (C=O) groups excluding carboxylic acids is 1. The predicted octanol–water partition coefficient (Wildman–Crippen LogP) is 0.953. The SMILES string of the molecule is CC(=O)Nc1cc(C)c(S(=O)(=O)NCCN)cc1Br. The van der Waals surface area contributed by atoms with E-state index < -0.39 is 10.0 Å². The lowest BCUT2D eigenvalue weighted by atomic mass is 10.2. The van der Waals surface area contributed by atoms with E-state index in [0.717, 1.165) is 0 Å². The summed E-state index contributed by atoms with van der Waals surface area (Å²) < 4.78 is 26.9. The molecule has 19 heavy (non-hydrogen) atoms. The molecule has 4 N–H and O–H groups in total. The van der Waals surface area contributed by atoms with Crippen molar-refractivity contribution in [1.82, 2.24) is 4.72 Å². The minimum Gasteiger partial charge on any atom is -0.329 e. The van der Waals surface area contributed by atoms with Gasteiger partial charge in [0.15, 0.2) is 0 Å². The van der Waals surface area contributed by atoms with Crippen molar-refractivity contribution in [2.75, 3.05) is 18.4 Å². The molecule has 0 heterocycles. The molecule has 0 saturated carbocycles. The van der Waals surface area contributed by atoms with Gasteiger partial charge in [0.25, 0.3) is 0 Å². The van der Waals surface area contributed by atoms with Crippen LogP contribution in [0.3, 0.4) is 0 Å². The standard InChI is InChI=1S/C11H16BrN3O3S/c1-7-5-10(15-8(2)16)9(12)6-11(7)19(17,18)14-4-3-13/h5-6,14H,3-4,13H2,1-2H3,(H,15,16). The van der Waals surface area contributed by atoms with Gasteiger partial charge in [0.2, 0.25) is 15.9 Å². The van der Waals surface area contributed by atoms with Crippen molar-refractivity contribution in [3.63, 3.8) is 0 Å². The Kier molecular flexibility index (Phi) is 5.48. The Bertz CT molecular complexity index is 587. The Hall–Kier alpha value is -0.960. The lowest BCUT2D eigenvalue weighted by molar-refractivity contribution is -0.114. The number of hydrogen-bond acceptors (Lipinski definition) is 4. The Morgan fingerprint density at radius 1 is 1.42 bits per heavy atom. The molecule has 0 aliphatic heterocycles. The number of rotatable bonds is 5. The molecule has 1 amide bonds. The van der Waals surface area contributed by atoms with Crippen molar-refractivity contribution in [3.05, 3.63) is 22.2 Å². The molecule has 106 valence electrons. The first-order valence-corrected chi connectivity index (χ1v) is 7.83. The molecular formula is C11H16BrN3O3S. The van der Waals surface area contributed by atoms with E-state index in [4.69, 9.17) is 5.73 Å². The summed E-state index contributed by atoms with van der Waals surface area (Å²) in [7, 11) is -3.59. The number of halogens is 1. The molecule has 0 atom stereocenters. The molecule has 1 aromatic rings. The second kappa shape index (κ2) is 6.47. The number of aryl methyl sites for hydroxylation is 1. The van der Waals surface area contributed by atoms with Gasteiger partial charge in [-0.3, -0.25) is 4.79 Å². The third-order valence-electron chi connectivity index (χ3n) is 2.30. The van der Waals surface area contributed by atoms with Crippen molar-refractivity contribution in [1.29, 1.82) is 0 Å². The fourth-order valence-corrected chi connectivity index (χ4v) is 3.40. The highest BCUT2D eigenvalue weighted by atomic mass is 79.9. The quantitative estimate of drug-likeness (QED) is 0.736. The van der Waals surface area contributed by atoms with Crippen LogP contribution in [-0.2, 0) is 14.8 Å². The Labute approximate surface area is 120 Å². The van der Waals surface area contributed by atoms with Crippen LogP contribution >= 0.6 is 15.9 Å². The number of amides is 1. The second-order valence-electron chi connectivity index (χ2n) is 3.97. The molecular weight excluding hydrogens is 334 g/mol. The summed E-state index contributed by atoms with van der Waals surface area (Å²) >= 11 is 3.24. The lowest BCUT2D eigenvalue weighted by Gasteiger charge is -2.12. The summed E-state index contributed by atoms with van der Waals surface area (Å²) in [5.41, 5.74) is 6.35. The van der Waals surface area contributed by atoms with Crippen molar-refractivity contribution in [2.45, 2.75) is 18.7 Å². The van der Waals surface area contributed by atoms with Crippen LogP contribution < -0.4 is 15.8 Å². The number of nitrogens with one attached hydrogen (secondary N) is 2. The van der Waals surface area contributed by atoms with Gasteiger partial charge >= 0.3 is 0 Å². The van der Waals surface area contributed by atoms with Gasteiger partial charge in [0.05, 0.1) is 10.6 Å². The molecule has 0 radical (unpaired) electrons. The third kappa shape index (κ3) is 4.27. The summed E-state index contributed by atoms with van der Waals surface area (Å²) in [5, 5.41) is 2.61. The minimum absolute atomic E-state index is 0.155. The predicted molar refractivity (Wildman–Crippen MR) is 77.4 cm³/mol. The van der Waals surface area contributed by atoms with Gasteiger partial charge in [-0.25, -0.2) is 13.1 Å². The van der Waals surface area contributed by atoms with E-state index >= 15 is 0 Å². The molecule has 0 spiro atoms. The van der Waals surface area contributed by atoms with Crippen LogP contribution in [0.5, 0.6) is 0 Å². The van der Waals surface area contributed by atoms with Crippen LogP contribution in [0, 0.1) is 6.92 Å². The van der Waals surface area contributed by atoms with E-state index in [0.29, 0.717) is 15.7 Å². The summed E-state index contributed by atoms with van der Waals surface area (Å²) in [5.74, 6) is -0.225. The van der Waals surface area contributed by atoms with Gasteiger partial charge in [-0.2, -0.15) is 0 Å². The lowest BCUT2D eigenvalue weighted by Crippen LogP contribution is -2.29. The van der Waals surface area contributed by atoms with E-state index in [-0.39, 0.29) is 23.9 Å². The number of nitrogens with two attached hydrogens (primary N) is 1. The maximum atomic E-state index is 12.0. The first kappa shape index (κ1) is 16.1. The molecule has 0 unspecified atom stereocenters. The van der Waals surface area contributed by atoms with Crippen LogP contribution in [-0.4, -0.2) is 27.4 Å². The van der Waals surface area contributed by atoms with Crippen LogP contribution in [0.2, 0.25) is 0 Å². The monoisotopic (exact) mass is 349 g/mol. The molecule has 0 saturated heterocycles. The normalized spacial score (nSPS) is 11.4. The average molecular weight is 350 g/mol. The molecule has 8 heteroatoms. The highest BCUT2D eigenvalue weighted by Crippen LogP contribution is 2.28. The fraction of sp³-hybridized carbons (Fsp3) is 0.364. The minimum atomic E-state index is -3.59. The number of carbonyl (C=O) groups is 1. The van der Waals surface area contributed by atoms with Crippen molar-refractivity contribution < 1.29 is 13.2 Å². The fourth-order valence-electron chi connectivity index (χ4n) is 1.51. The van der Waals surface area contributed by atoms with Gasteiger partial charge in [-0.05, 0) is 40.5 Å². The van der Waals surface area contributed by atoms with Crippen molar-refractivity contribution in [2.24, 2.45) is 5.73 Å². The molecule has 0 aromatic heterocycles. The van der Waals surface area contributed by atoms with Crippen LogP contribution in [0.15, 0.2) is 21.5 Å². The van der Waals surface area contributed by atoms with Gasteiger partial charge in [-0.15, -0.1) is 0 Å². The highest BCUT2D eigenvalue weighted by Gasteiger charge is 2.18. The molecule has 0 bridgehead atoms. The maximum absolute atomic E-state index is 12.0. The highest BCUT2D eigenvalue weighted by molar-refractivity contribution is 9.10. The second-order valence-corrected chi connectivity index (χ2v) is 6.55. The van der Waals surface area contributed by atoms with E-state index in [1.165, 1.54) is 13.0 Å². The zero-order chi connectivity index (χ0) is 14.6. The van der Waals surface area contributed by atoms with Gasteiger partial charge in [-0.1, -0.05) is 0 Å². The maximum Gasteiger partial charge on any atom is 0.240 e. The van der Waals surface area contributed by atoms with Crippen LogP contribution in [0.1, 0.15) is 12.5 Å². The zero-order valence-corrected chi connectivity index (χ0v) is 13.1. The number of anilines is 1. The number of benzene rings is 1. The van der Waals surface area contributed by atoms with Gasteiger partial charge in [0.1, 0.15) is 0 Å². The number of sulfonamides is 1. The molecule has 0 aliphatic rings. The zero-order valence-electron chi connectivity index (χ0n) is 10.7. The van der Waals surface area contributed by atoms with Crippen LogP contribution in [0.4, 0.5) is 5.69 Å². The molecule has 0 fully saturated rings. The Morgan fingerprint density at radius 3 is 2.58 bits per heavy atom. The molecule has 0 aliphatic carbocycles. The van der Waals surface area contributed by atoms with Gasteiger partial charge in [0, 0.05) is 24.5 Å². The van der Waals surface area contributed by atoms with Gasteiger partial charge < -0.3 is 11.1 Å². The van der Waals surface area contributed by atoms with Crippen molar-refractivity contribution in [3.8, 4) is 0 Å². The summed E-state index contributed by atoms with van der Waals surface area (Å²) in [6.07, 6.45) is 0. The molecule has 1 aromatic carbocycles. The van der Waals surface area contributed by atoms with E-state index in [9.17, 15) is 13.2 Å². The van der Waals surface area contributed by atoms with Crippen LogP contribution in [0.25, 0.3) is 0 Å². The summed E-state index contributed by atoms with van der Waals surface area (Å²) in [4.78, 5) is 11.2. The van der Waals surface area contributed by atoms with E-state index in [2.05, 4.69) is 26.0 Å². The molecule has 1 rings (SSSR count). The number of hydrogen-bond donors (Lipinski definition) is 3. The smallest absolute Gasteiger partial charge is 0.240 e. The Morgan fingerprint density at radius 2 is 2.05 bits per heavy atom. The topological polar surface area (TPSA) is 101 Å².